The second-order valence-electron chi connectivity index (χ2n) is 4.74. The van der Waals surface area contributed by atoms with Crippen LogP contribution in [0.4, 0.5) is 0 Å². The van der Waals surface area contributed by atoms with Crippen molar-refractivity contribution in [1.29, 1.82) is 0 Å². The van der Waals surface area contributed by atoms with Gasteiger partial charge in [-0.1, -0.05) is 116 Å². The van der Waals surface area contributed by atoms with Gasteiger partial charge in [-0.2, -0.15) is 0 Å². The molecular weight excluding hydrogens is 555 g/mol. The Morgan fingerprint density at radius 2 is 0.692 bits per heavy atom. The Morgan fingerprint density at radius 3 is 0.885 bits per heavy atom. The third kappa shape index (κ3) is 3.80. The van der Waals surface area contributed by atoms with Crippen LogP contribution in [-0.4, -0.2) is 11.1 Å². The van der Waals surface area contributed by atoms with Crippen LogP contribution < -0.4 is 0 Å². The first-order valence-corrected chi connectivity index (χ1v) is 9.96. The maximum absolute atomic E-state index is 12.1. The van der Waals surface area contributed by atoms with Crippen LogP contribution in [0, 0.1) is 0 Å². The fourth-order valence-electron chi connectivity index (χ4n) is 2.14. The van der Waals surface area contributed by atoms with Crippen molar-refractivity contribution in [2.45, 2.75) is 5.92 Å². The number of aliphatic carboxylic acids is 1. The normalized spacial score (nSPS) is 11.3. The molecule has 0 radical (unpaired) electrons. The van der Waals surface area contributed by atoms with E-state index in [4.69, 9.17) is 116 Å². The van der Waals surface area contributed by atoms with Gasteiger partial charge in [0.1, 0.15) is 5.92 Å². The Kier molecular flexibility index (Phi) is 7.70. The number of hydrogen-bond donors (Lipinski definition) is 1. The number of rotatable bonds is 3. The zero-order valence-electron chi connectivity index (χ0n) is 11.7. The van der Waals surface area contributed by atoms with Crippen LogP contribution >= 0.6 is 116 Å². The number of carboxylic acid groups (broad SMARTS) is 1. The van der Waals surface area contributed by atoms with Crippen molar-refractivity contribution in [2.75, 3.05) is 0 Å². The molecule has 0 aromatic heterocycles. The molecule has 26 heavy (non-hydrogen) atoms. The van der Waals surface area contributed by atoms with Crippen molar-refractivity contribution in [3.05, 3.63) is 61.4 Å². The molecule has 0 saturated heterocycles. The number of benzene rings is 2. The molecule has 0 saturated carbocycles. The van der Waals surface area contributed by atoms with Gasteiger partial charge in [0.25, 0.3) is 0 Å². The highest BCUT2D eigenvalue weighted by molar-refractivity contribution is 6.57. The molecule has 0 aliphatic rings. The summed E-state index contributed by atoms with van der Waals surface area (Å²) < 4.78 is 0. The molecule has 0 aliphatic heterocycles. The lowest BCUT2D eigenvalue weighted by molar-refractivity contribution is -0.137. The largest absolute Gasteiger partial charge is 0.481 e. The maximum atomic E-state index is 12.1. The first-order chi connectivity index (χ1) is 11.9. The van der Waals surface area contributed by atoms with Gasteiger partial charge in [-0.05, 0) is 0 Å². The van der Waals surface area contributed by atoms with Gasteiger partial charge in [0.2, 0.25) is 0 Å². The van der Waals surface area contributed by atoms with E-state index < -0.39 is 11.9 Å². The summed E-state index contributed by atoms with van der Waals surface area (Å²) in [5.41, 5.74) is -0.364. The zero-order valence-corrected chi connectivity index (χ0v) is 19.3. The van der Waals surface area contributed by atoms with Crippen LogP contribution in [-0.2, 0) is 4.79 Å². The molecule has 2 rings (SSSR count). The van der Waals surface area contributed by atoms with E-state index in [9.17, 15) is 9.90 Å². The number of carbonyl (C=O) groups is 1. The molecule has 0 unspecified atom stereocenters. The van der Waals surface area contributed by atoms with Crippen LogP contribution in [0.2, 0.25) is 50.2 Å². The number of hydrogen-bond acceptors (Lipinski definition) is 1. The second-order valence-corrected chi connectivity index (χ2v) is 8.52. The summed E-state index contributed by atoms with van der Waals surface area (Å²) in [6.45, 7) is 0. The third-order valence-electron chi connectivity index (χ3n) is 3.31. The molecule has 0 aliphatic carbocycles. The van der Waals surface area contributed by atoms with Crippen molar-refractivity contribution >= 4 is 122 Å². The fourth-order valence-corrected chi connectivity index (χ4v) is 4.88. The SMILES string of the molecule is O=C(O)C(c1c(Cl)c(Cl)c(Cl)c(Cl)c1Cl)c1c(Cl)c(Cl)c(Cl)c(Cl)c1Cl. The highest BCUT2D eigenvalue weighted by Gasteiger charge is 2.36. The Balaban J connectivity index is 2.99. The van der Waals surface area contributed by atoms with Gasteiger partial charge in [0.15, 0.2) is 0 Å². The summed E-state index contributed by atoms with van der Waals surface area (Å²) in [5, 5.41) is 7.79. The highest BCUT2D eigenvalue weighted by atomic mass is 35.5. The molecule has 2 aromatic rings. The molecule has 140 valence electrons. The average Bonchev–Trinajstić information content (AvgIpc) is 2.60. The van der Waals surface area contributed by atoms with Gasteiger partial charge in [0.05, 0.1) is 50.2 Å². The quantitative estimate of drug-likeness (QED) is 0.302. The molecule has 1 N–H and O–H groups in total. The van der Waals surface area contributed by atoms with E-state index in [0.717, 1.165) is 0 Å². The standard InChI is InChI=1S/C14H2Cl10O2/c15-4-2(5(16)9(20)12(23)8(4)19)1(14(25)26)3-6(17)10(21)13(24)11(22)7(3)18/h1H,(H,25,26). The first kappa shape index (κ1) is 23.1. The molecular formula is C14H2Cl10O2. The topological polar surface area (TPSA) is 37.3 Å². The molecule has 0 fully saturated rings. The molecule has 2 aromatic carbocycles. The molecule has 0 spiro atoms. The first-order valence-electron chi connectivity index (χ1n) is 6.18. The fraction of sp³-hybridized carbons (Fsp3) is 0.0714. The molecule has 0 heterocycles. The van der Waals surface area contributed by atoms with E-state index in [-0.39, 0.29) is 61.4 Å². The van der Waals surface area contributed by atoms with Crippen molar-refractivity contribution in [2.24, 2.45) is 0 Å². The number of carboxylic acids is 1. The minimum absolute atomic E-state index is 0.138. The van der Waals surface area contributed by atoms with E-state index in [2.05, 4.69) is 0 Å². The van der Waals surface area contributed by atoms with E-state index in [1.165, 1.54) is 0 Å². The van der Waals surface area contributed by atoms with Gasteiger partial charge < -0.3 is 5.11 Å². The summed E-state index contributed by atoms with van der Waals surface area (Å²) in [6.07, 6.45) is 0. The van der Waals surface area contributed by atoms with E-state index in [1.807, 2.05) is 0 Å². The van der Waals surface area contributed by atoms with Crippen LogP contribution in [0.5, 0.6) is 0 Å². The van der Waals surface area contributed by atoms with Gasteiger partial charge in [-0.3, -0.25) is 4.79 Å². The molecule has 0 atom stereocenters. The van der Waals surface area contributed by atoms with E-state index >= 15 is 0 Å². The van der Waals surface area contributed by atoms with Gasteiger partial charge >= 0.3 is 5.97 Å². The molecule has 0 bridgehead atoms. The highest BCUT2D eigenvalue weighted by Crippen LogP contribution is 2.53. The molecule has 2 nitrogen and oxygen atoms in total. The molecule has 12 heteroatoms. The maximum Gasteiger partial charge on any atom is 0.315 e. The minimum atomic E-state index is -1.62. The Hall–Kier alpha value is 0.810. The van der Waals surface area contributed by atoms with Crippen molar-refractivity contribution in [3.63, 3.8) is 0 Å². The Labute approximate surface area is 197 Å². The lowest BCUT2D eigenvalue weighted by atomic mass is 9.91. The Bertz CT molecular complexity index is 813. The van der Waals surface area contributed by atoms with Crippen molar-refractivity contribution < 1.29 is 9.90 Å². The summed E-state index contributed by atoms with van der Waals surface area (Å²) in [6, 6.07) is 0. The summed E-state index contributed by atoms with van der Waals surface area (Å²) >= 11 is 60.7. The van der Waals surface area contributed by atoms with Crippen molar-refractivity contribution in [1.82, 2.24) is 0 Å². The monoisotopic (exact) mass is 552 g/mol. The van der Waals surface area contributed by atoms with E-state index in [1.54, 1.807) is 0 Å². The minimum Gasteiger partial charge on any atom is -0.481 e. The smallest absolute Gasteiger partial charge is 0.315 e. The predicted octanol–water partition coefficient (Wildman–Crippen LogP) is 9.44. The summed E-state index contributed by atoms with van der Waals surface area (Å²) in [5.74, 6) is -3.05. The lowest BCUT2D eigenvalue weighted by Gasteiger charge is -2.22. The van der Waals surface area contributed by atoms with Crippen molar-refractivity contribution in [3.8, 4) is 0 Å². The van der Waals surface area contributed by atoms with Crippen LogP contribution in [0.15, 0.2) is 0 Å². The van der Waals surface area contributed by atoms with Gasteiger partial charge in [-0.25, -0.2) is 0 Å². The van der Waals surface area contributed by atoms with E-state index in [0.29, 0.717) is 0 Å². The average molecular weight is 557 g/mol. The lowest BCUT2D eigenvalue weighted by Crippen LogP contribution is -2.16. The summed E-state index contributed by atoms with van der Waals surface area (Å²) in [7, 11) is 0. The van der Waals surface area contributed by atoms with Crippen LogP contribution in [0.1, 0.15) is 17.0 Å². The van der Waals surface area contributed by atoms with Crippen LogP contribution in [0.25, 0.3) is 0 Å². The van der Waals surface area contributed by atoms with Gasteiger partial charge in [-0.15, -0.1) is 0 Å². The summed E-state index contributed by atoms with van der Waals surface area (Å²) in [4.78, 5) is 12.1. The van der Waals surface area contributed by atoms with Gasteiger partial charge in [0, 0.05) is 11.1 Å². The third-order valence-corrected chi connectivity index (χ3v) is 7.92. The Morgan fingerprint density at radius 1 is 0.500 bits per heavy atom. The number of halogens is 10. The molecule has 0 amide bonds. The zero-order chi connectivity index (χ0) is 20.1. The predicted molar refractivity (Wildman–Crippen MR) is 112 cm³/mol. The van der Waals surface area contributed by atoms with Crippen LogP contribution in [0.3, 0.4) is 0 Å². The second kappa shape index (κ2) is 8.67.